The van der Waals surface area contributed by atoms with E-state index < -0.39 is 16.1 Å². The fourth-order valence-electron chi connectivity index (χ4n) is 3.05. The average Bonchev–Trinajstić information content (AvgIpc) is 2.82. The normalized spacial score (nSPS) is 11.2. The summed E-state index contributed by atoms with van der Waals surface area (Å²) in [6.07, 6.45) is 0. The summed E-state index contributed by atoms with van der Waals surface area (Å²) in [4.78, 5) is 17.0. The lowest BCUT2D eigenvalue weighted by Gasteiger charge is -2.17. The summed E-state index contributed by atoms with van der Waals surface area (Å²) >= 11 is 4.18. The van der Waals surface area contributed by atoms with E-state index in [1.807, 2.05) is 36.4 Å². The van der Waals surface area contributed by atoms with Crippen molar-refractivity contribution in [2.24, 2.45) is 5.14 Å². The highest BCUT2D eigenvalue weighted by Gasteiger charge is 2.14. The van der Waals surface area contributed by atoms with Crippen LogP contribution in [0.2, 0.25) is 0 Å². The van der Waals surface area contributed by atoms with Crippen LogP contribution < -0.4 is 19.5 Å². The first kappa shape index (κ1) is 22.6. The van der Waals surface area contributed by atoms with Crippen LogP contribution in [0.25, 0.3) is 10.9 Å². The Balaban J connectivity index is 1.35. The second-order valence-electron chi connectivity index (χ2n) is 7.09. The van der Waals surface area contributed by atoms with Crippen molar-refractivity contribution in [2.75, 3.05) is 9.62 Å². The number of ether oxygens (including phenoxy) is 1. The molecule has 0 saturated heterocycles. The minimum Gasteiger partial charge on any atom is -0.487 e. The number of nitrogens with two attached hydrogens (primary N) is 1. The Hall–Kier alpha value is -3.60. The van der Waals surface area contributed by atoms with Crippen LogP contribution in [-0.4, -0.2) is 19.4 Å². The monoisotopic (exact) mass is 480 g/mol. The highest BCUT2D eigenvalue weighted by atomic mass is 32.2. The van der Waals surface area contributed by atoms with Crippen LogP contribution in [0.4, 0.5) is 16.2 Å². The molecule has 10 heteroatoms. The molecule has 0 atom stereocenters. The summed E-state index contributed by atoms with van der Waals surface area (Å²) < 4.78 is 29.6. The third kappa shape index (κ3) is 5.61. The van der Waals surface area contributed by atoms with E-state index in [-0.39, 0.29) is 4.90 Å². The van der Waals surface area contributed by atoms with Gasteiger partial charge in [-0.1, -0.05) is 37.1 Å². The first-order valence-corrected chi connectivity index (χ1v) is 11.7. The predicted octanol–water partition coefficient (Wildman–Crippen LogP) is 4.34. The molecule has 0 fully saturated rings. The number of fused-ring (bicyclic) bond motifs is 1. The van der Waals surface area contributed by atoms with Crippen LogP contribution in [0.1, 0.15) is 5.69 Å². The van der Waals surface area contributed by atoms with Crippen molar-refractivity contribution in [3.8, 4) is 5.75 Å². The van der Waals surface area contributed by atoms with Gasteiger partial charge >= 0.3 is 6.03 Å². The molecule has 33 heavy (non-hydrogen) atoms. The number of sulfonamides is 1. The number of nitrogens with zero attached hydrogens (tertiary/aromatic N) is 2. The highest BCUT2D eigenvalue weighted by Crippen LogP contribution is 2.22. The van der Waals surface area contributed by atoms with Crippen LogP contribution in [0.3, 0.4) is 0 Å². The van der Waals surface area contributed by atoms with Gasteiger partial charge in [-0.3, -0.25) is 0 Å². The van der Waals surface area contributed by atoms with Crippen LogP contribution in [-0.2, 0) is 16.6 Å². The molecule has 0 spiro atoms. The van der Waals surface area contributed by atoms with Gasteiger partial charge in [-0.2, -0.15) is 0 Å². The van der Waals surface area contributed by atoms with Gasteiger partial charge in [-0.15, -0.1) is 0 Å². The largest absolute Gasteiger partial charge is 0.487 e. The van der Waals surface area contributed by atoms with Gasteiger partial charge < -0.3 is 10.1 Å². The molecular formula is C23H20N4O4S2. The van der Waals surface area contributed by atoms with Gasteiger partial charge in [0.15, 0.2) is 0 Å². The topological polar surface area (TPSA) is 115 Å². The second kappa shape index (κ2) is 9.49. The molecular weight excluding hydrogens is 460 g/mol. The third-order valence-corrected chi connectivity index (χ3v) is 6.09. The Morgan fingerprint density at radius 1 is 0.970 bits per heavy atom. The van der Waals surface area contributed by atoms with E-state index in [9.17, 15) is 13.2 Å². The number of primary sulfonamides is 1. The van der Waals surface area contributed by atoms with Crippen molar-refractivity contribution < 1.29 is 17.9 Å². The van der Waals surface area contributed by atoms with Gasteiger partial charge in [-0.25, -0.2) is 27.6 Å². The maximum atomic E-state index is 12.5. The number of anilines is 2. The Labute approximate surface area is 196 Å². The Morgan fingerprint density at radius 2 is 1.67 bits per heavy atom. The highest BCUT2D eigenvalue weighted by molar-refractivity contribution is 7.89. The Bertz CT molecular complexity index is 1390. The molecule has 4 aromatic rings. The molecule has 0 saturated carbocycles. The molecule has 0 aliphatic heterocycles. The average molecular weight is 481 g/mol. The van der Waals surface area contributed by atoms with Crippen LogP contribution >= 0.6 is 12.8 Å². The van der Waals surface area contributed by atoms with Crippen LogP contribution in [0.5, 0.6) is 5.75 Å². The summed E-state index contributed by atoms with van der Waals surface area (Å²) in [5.74, 6) is 0.629. The number of thiol groups is 1. The van der Waals surface area contributed by atoms with Crippen molar-refractivity contribution in [3.05, 3.63) is 90.6 Å². The molecule has 0 bridgehead atoms. The molecule has 8 nitrogen and oxygen atoms in total. The number of rotatable bonds is 6. The van der Waals surface area contributed by atoms with Crippen molar-refractivity contribution in [2.45, 2.75) is 11.5 Å². The second-order valence-corrected chi connectivity index (χ2v) is 9.05. The molecule has 0 aliphatic carbocycles. The number of urea groups is 1. The molecule has 0 radical (unpaired) electrons. The molecule has 3 aromatic carbocycles. The van der Waals surface area contributed by atoms with E-state index in [2.05, 4.69) is 23.1 Å². The zero-order chi connectivity index (χ0) is 23.4. The number of para-hydroxylation sites is 1. The molecule has 2 amide bonds. The first-order valence-electron chi connectivity index (χ1n) is 9.80. The van der Waals surface area contributed by atoms with Crippen LogP contribution in [0.15, 0.2) is 89.8 Å². The number of carbonyl (C=O) groups is 1. The lowest BCUT2D eigenvalue weighted by Crippen LogP contribution is -2.26. The van der Waals surface area contributed by atoms with Crippen molar-refractivity contribution >= 4 is 51.1 Å². The van der Waals surface area contributed by atoms with Gasteiger partial charge in [0.2, 0.25) is 10.0 Å². The Morgan fingerprint density at radius 3 is 2.36 bits per heavy atom. The zero-order valence-corrected chi connectivity index (χ0v) is 19.0. The molecule has 0 unspecified atom stereocenters. The van der Waals surface area contributed by atoms with Crippen molar-refractivity contribution in [1.29, 1.82) is 0 Å². The molecule has 3 N–H and O–H groups in total. The minimum atomic E-state index is -3.81. The lowest BCUT2D eigenvalue weighted by atomic mass is 10.2. The predicted molar refractivity (Wildman–Crippen MR) is 131 cm³/mol. The van der Waals surface area contributed by atoms with E-state index in [0.717, 1.165) is 20.9 Å². The number of carbonyl (C=O) groups excluding carboxylic acids is 1. The summed E-state index contributed by atoms with van der Waals surface area (Å²) in [6.45, 7) is 0.315. The number of nitrogens with one attached hydrogen (secondary N) is 1. The molecule has 1 heterocycles. The van der Waals surface area contributed by atoms with Gasteiger partial charge in [0.05, 0.1) is 21.8 Å². The van der Waals surface area contributed by atoms with Gasteiger partial charge in [0, 0.05) is 11.1 Å². The molecule has 1 aromatic heterocycles. The van der Waals surface area contributed by atoms with Gasteiger partial charge in [0.25, 0.3) is 0 Å². The number of benzene rings is 3. The zero-order valence-electron chi connectivity index (χ0n) is 17.3. The standard InChI is InChI=1S/C23H20N4O4S2/c24-33(29,30)21-13-9-19(10-14-21)27(32)23(28)26-17-7-11-20(12-8-17)31-15-18-6-5-16-3-1-2-4-22(16)25-18/h1-14,32H,15H2,(H,26,28)(H2,24,29,30). The number of amides is 2. The number of pyridine rings is 1. The fourth-order valence-corrected chi connectivity index (χ4v) is 3.75. The van der Waals surface area contributed by atoms with Crippen LogP contribution in [0, 0.1) is 0 Å². The van der Waals surface area contributed by atoms with Crippen molar-refractivity contribution in [3.63, 3.8) is 0 Å². The number of hydrogen-bond donors (Lipinski definition) is 3. The summed E-state index contributed by atoms with van der Waals surface area (Å²) in [6, 6.07) is 23.6. The number of hydrogen-bond acceptors (Lipinski definition) is 6. The van der Waals surface area contributed by atoms with E-state index in [0.29, 0.717) is 23.7 Å². The summed E-state index contributed by atoms with van der Waals surface area (Å²) in [7, 11) is -3.81. The quantitative estimate of drug-likeness (QED) is 0.355. The van der Waals surface area contributed by atoms with Gasteiger partial charge in [-0.05, 0) is 60.7 Å². The number of aromatic nitrogens is 1. The minimum absolute atomic E-state index is 0.0529. The van der Waals surface area contributed by atoms with E-state index in [4.69, 9.17) is 9.88 Å². The Kier molecular flexibility index (Phi) is 6.50. The van der Waals surface area contributed by atoms with E-state index in [1.165, 1.54) is 24.3 Å². The SMILES string of the molecule is NS(=O)(=O)c1ccc(N(S)C(=O)Nc2ccc(OCc3ccc4ccccc4n3)cc2)cc1. The summed E-state index contributed by atoms with van der Waals surface area (Å²) in [5.41, 5.74) is 2.64. The molecule has 4 rings (SSSR count). The fraction of sp³-hybridized carbons (Fsp3) is 0.0435. The third-order valence-electron chi connectivity index (χ3n) is 4.75. The van der Waals surface area contributed by atoms with E-state index >= 15 is 0 Å². The lowest BCUT2D eigenvalue weighted by molar-refractivity contribution is 0.260. The molecule has 0 aliphatic rings. The summed E-state index contributed by atoms with van der Waals surface area (Å²) in [5, 5.41) is 8.86. The van der Waals surface area contributed by atoms with E-state index in [1.54, 1.807) is 24.3 Å². The smallest absolute Gasteiger partial charge is 0.336 e. The van der Waals surface area contributed by atoms with Gasteiger partial charge in [0.1, 0.15) is 12.4 Å². The maximum Gasteiger partial charge on any atom is 0.336 e. The molecule has 168 valence electrons. The van der Waals surface area contributed by atoms with Crippen molar-refractivity contribution in [1.82, 2.24) is 4.98 Å². The first-order chi connectivity index (χ1) is 15.8. The maximum absolute atomic E-state index is 12.5.